The molecular formula is C42H81N3O. The summed E-state index contributed by atoms with van der Waals surface area (Å²) in [5.41, 5.74) is 3.88. The average Bonchev–Trinajstić information content (AvgIpc) is 3.06. The van der Waals surface area contributed by atoms with Gasteiger partial charge in [0.25, 0.3) is 0 Å². The van der Waals surface area contributed by atoms with E-state index in [9.17, 15) is 5.11 Å². The van der Waals surface area contributed by atoms with Crippen molar-refractivity contribution in [2.45, 2.75) is 196 Å². The number of aromatic hydroxyl groups is 1. The second-order valence-corrected chi connectivity index (χ2v) is 14.1. The van der Waals surface area contributed by atoms with Crippen molar-refractivity contribution < 1.29 is 5.11 Å². The maximum absolute atomic E-state index is 11.8. The van der Waals surface area contributed by atoms with Crippen LogP contribution in [0.4, 0.5) is 17.1 Å². The zero-order chi connectivity index (χ0) is 33.7. The second-order valence-electron chi connectivity index (χ2n) is 14.1. The minimum atomic E-state index is 0.494. The molecule has 0 bridgehead atoms. The van der Waals surface area contributed by atoms with Crippen LogP contribution < -0.4 is 14.7 Å². The Morgan fingerprint density at radius 3 is 0.935 bits per heavy atom. The van der Waals surface area contributed by atoms with E-state index >= 15 is 0 Å². The smallest absolute Gasteiger partial charge is 0.141 e. The third-order valence-corrected chi connectivity index (χ3v) is 9.77. The lowest BCUT2D eigenvalue weighted by atomic mass is 10.1. The molecule has 1 aromatic rings. The van der Waals surface area contributed by atoms with Gasteiger partial charge in [-0.05, 0) is 50.7 Å². The Morgan fingerprint density at radius 1 is 0.348 bits per heavy atom. The summed E-state index contributed by atoms with van der Waals surface area (Å²) in [5.74, 6) is 0.494. The Labute approximate surface area is 289 Å². The van der Waals surface area contributed by atoms with Crippen molar-refractivity contribution in [2.24, 2.45) is 0 Å². The van der Waals surface area contributed by atoms with Crippen LogP contribution in [0.1, 0.15) is 196 Å². The molecule has 1 N–H and O–H groups in total. The molecule has 4 nitrogen and oxygen atoms in total. The highest BCUT2D eigenvalue weighted by Crippen LogP contribution is 2.46. The number of benzene rings is 1. The van der Waals surface area contributed by atoms with Gasteiger partial charge in [-0.15, -0.1) is 0 Å². The molecule has 0 fully saturated rings. The molecule has 0 aliphatic carbocycles. The lowest BCUT2D eigenvalue weighted by Gasteiger charge is -2.38. The van der Waals surface area contributed by atoms with Gasteiger partial charge in [0.1, 0.15) is 11.4 Å². The zero-order valence-electron chi connectivity index (χ0n) is 32.2. The molecule has 1 rings (SSSR count). The number of rotatable bonds is 33. The van der Waals surface area contributed by atoms with E-state index in [1.807, 2.05) is 0 Å². The zero-order valence-corrected chi connectivity index (χ0v) is 32.2. The maximum Gasteiger partial charge on any atom is 0.141 e. The van der Waals surface area contributed by atoms with Gasteiger partial charge in [-0.1, -0.05) is 157 Å². The molecule has 4 heteroatoms. The summed E-state index contributed by atoms with van der Waals surface area (Å²) in [7, 11) is 0. The number of hydrogen-bond acceptors (Lipinski definition) is 4. The first-order valence-corrected chi connectivity index (χ1v) is 20.7. The van der Waals surface area contributed by atoms with E-state index in [-0.39, 0.29) is 0 Å². The lowest BCUT2D eigenvalue weighted by molar-refractivity contribution is 0.471. The summed E-state index contributed by atoms with van der Waals surface area (Å²) in [4.78, 5) is 8.10. The van der Waals surface area contributed by atoms with E-state index in [1.165, 1.54) is 165 Å². The molecule has 0 heterocycles. The molecule has 0 spiro atoms. The summed E-state index contributed by atoms with van der Waals surface area (Å²) in [6.45, 7) is 20.4. The molecule has 46 heavy (non-hydrogen) atoms. The SMILES string of the molecule is CCCCCCN(CCCCCC)c1ccc(O)c(N(CCCCCC)CCCCCC)c1N(CCCCCC)CCCCCC. The predicted molar refractivity (Wildman–Crippen MR) is 210 cm³/mol. The Hall–Kier alpha value is -1.58. The van der Waals surface area contributed by atoms with Gasteiger partial charge in [0.2, 0.25) is 0 Å². The quantitative estimate of drug-likeness (QED) is 0.0772. The minimum Gasteiger partial charge on any atom is -0.506 e. The largest absolute Gasteiger partial charge is 0.506 e. The molecule has 0 radical (unpaired) electrons. The molecule has 0 unspecified atom stereocenters. The van der Waals surface area contributed by atoms with Gasteiger partial charge in [0.15, 0.2) is 0 Å². The van der Waals surface area contributed by atoms with Crippen LogP contribution in [-0.2, 0) is 0 Å². The molecular weight excluding hydrogens is 562 g/mol. The molecule has 270 valence electrons. The van der Waals surface area contributed by atoms with E-state index in [0.29, 0.717) is 5.75 Å². The Kier molecular flexibility index (Phi) is 27.3. The van der Waals surface area contributed by atoms with Crippen molar-refractivity contribution >= 4 is 17.1 Å². The first kappa shape index (κ1) is 42.4. The van der Waals surface area contributed by atoms with Crippen LogP contribution in [0.3, 0.4) is 0 Å². The van der Waals surface area contributed by atoms with Gasteiger partial charge in [-0.2, -0.15) is 0 Å². The lowest BCUT2D eigenvalue weighted by Crippen LogP contribution is -2.35. The molecule has 0 aliphatic heterocycles. The van der Waals surface area contributed by atoms with E-state index in [0.717, 1.165) is 45.0 Å². The Morgan fingerprint density at radius 2 is 0.630 bits per heavy atom. The number of unbranched alkanes of at least 4 members (excludes halogenated alkanes) is 18. The number of phenolic OH excluding ortho intramolecular Hbond substituents is 1. The van der Waals surface area contributed by atoms with E-state index in [4.69, 9.17) is 0 Å². The fourth-order valence-electron chi connectivity index (χ4n) is 6.84. The van der Waals surface area contributed by atoms with Crippen LogP contribution in [-0.4, -0.2) is 44.4 Å². The molecule has 0 atom stereocenters. The number of hydrogen-bond donors (Lipinski definition) is 1. The third-order valence-electron chi connectivity index (χ3n) is 9.77. The molecule has 0 aromatic heterocycles. The van der Waals surface area contributed by atoms with E-state index in [1.54, 1.807) is 0 Å². The van der Waals surface area contributed by atoms with Crippen molar-refractivity contribution in [1.82, 2.24) is 0 Å². The number of phenols is 1. The van der Waals surface area contributed by atoms with Crippen molar-refractivity contribution in [2.75, 3.05) is 54.0 Å². The van der Waals surface area contributed by atoms with Crippen molar-refractivity contribution in [3.63, 3.8) is 0 Å². The third kappa shape index (κ3) is 18.1. The fourth-order valence-corrected chi connectivity index (χ4v) is 6.84. The first-order chi connectivity index (χ1) is 22.6. The highest BCUT2D eigenvalue weighted by molar-refractivity contribution is 5.89. The maximum atomic E-state index is 11.8. The predicted octanol–water partition coefficient (Wildman–Crippen LogP) is 13.3. The first-order valence-electron chi connectivity index (χ1n) is 20.7. The molecule has 0 saturated carbocycles. The minimum absolute atomic E-state index is 0.494. The van der Waals surface area contributed by atoms with Crippen LogP contribution in [0, 0.1) is 0 Å². The number of anilines is 3. The normalized spacial score (nSPS) is 11.3. The van der Waals surface area contributed by atoms with Crippen molar-refractivity contribution in [3.8, 4) is 5.75 Å². The Balaban J connectivity index is 3.73. The van der Waals surface area contributed by atoms with Crippen LogP contribution in [0.2, 0.25) is 0 Å². The summed E-state index contributed by atoms with van der Waals surface area (Å²) >= 11 is 0. The van der Waals surface area contributed by atoms with E-state index < -0.39 is 0 Å². The van der Waals surface area contributed by atoms with Crippen LogP contribution in [0.15, 0.2) is 12.1 Å². The van der Waals surface area contributed by atoms with Gasteiger partial charge in [-0.25, -0.2) is 0 Å². The van der Waals surface area contributed by atoms with Crippen LogP contribution in [0.25, 0.3) is 0 Å². The van der Waals surface area contributed by atoms with Gasteiger partial charge >= 0.3 is 0 Å². The molecule has 1 aromatic carbocycles. The van der Waals surface area contributed by atoms with Crippen molar-refractivity contribution in [1.29, 1.82) is 0 Å². The summed E-state index contributed by atoms with van der Waals surface area (Å²) in [6, 6.07) is 4.35. The van der Waals surface area contributed by atoms with Gasteiger partial charge in [0.05, 0.1) is 11.4 Å². The highest BCUT2D eigenvalue weighted by atomic mass is 16.3. The topological polar surface area (TPSA) is 30.0 Å². The summed E-state index contributed by atoms with van der Waals surface area (Å²) < 4.78 is 0. The average molecular weight is 644 g/mol. The van der Waals surface area contributed by atoms with Gasteiger partial charge in [-0.3, -0.25) is 0 Å². The highest BCUT2D eigenvalue weighted by Gasteiger charge is 2.26. The van der Waals surface area contributed by atoms with Gasteiger partial charge in [0, 0.05) is 39.3 Å². The molecule has 0 amide bonds. The van der Waals surface area contributed by atoms with Crippen LogP contribution in [0.5, 0.6) is 5.75 Å². The monoisotopic (exact) mass is 644 g/mol. The summed E-state index contributed by atoms with van der Waals surface area (Å²) in [5, 5.41) is 11.8. The van der Waals surface area contributed by atoms with Crippen LogP contribution >= 0.6 is 0 Å². The number of nitrogens with zero attached hydrogens (tertiary/aromatic N) is 3. The van der Waals surface area contributed by atoms with E-state index in [2.05, 4.69) is 68.4 Å². The molecule has 0 saturated heterocycles. The summed E-state index contributed by atoms with van der Waals surface area (Å²) in [6.07, 6.45) is 30.6. The van der Waals surface area contributed by atoms with Gasteiger partial charge < -0.3 is 19.8 Å². The van der Waals surface area contributed by atoms with Crippen molar-refractivity contribution in [3.05, 3.63) is 12.1 Å². The second kappa shape index (κ2) is 29.6. The fraction of sp³-hybridized carbons (Fsp3) is 0.857. The molecule has 0 aliphatic rings. The Bertz CT molecular complexity index is 776. The standard InChI is InChI=1S/C42H81N3O/c1-7-13-19-25-33-43(34-26-20-14-8-2)39-31-32-40(46)42(45(37-29-23-17-11-5)38-30-24-18-12-6)41(39)44(35-27-21-15-9-3)36-28-22-16-10-4/h31-32,46H,7-30,33-38H2,1-6H3.